The van der Waals surface area contributed by atoms with Crippen LogP contribution in [0.1, 0.15) is 77.0 Å². The van der Waals surface area contributed by atoms with Gasteiger partial charge in [-0.3, -0.25) is 9.59 Å². The van der Waals surface area contributed by atoms with Crippen LogP contribution in [0.4, 0.5) is 0 Å². The van der Waals surface area contributed by atoms with Crippen LogP contribution in [0.2, 0.25) is 0 Å². The van der Waals surface area contributed by atoms with E-state index in [4.69, 9.17) is 10.2 Å². The third kappa shape index (κ3) is 15.0. The molecule has 3 N–H and O–H groups in total. The van der Waals surface area contributed by atoms with Crippen molar-refractivity contribution < 1.29 is 24.9 Å². The summed E-state index contributed by atoms with van der Waals surface area (Å²) < 4.78 is 0. The summed E-state index contributed by atoms with van der Waals surface area (Å²) in [6, 6.07) is 0. The van der Waals surface area contributed by atoms with E-state index in [0.717, 1.165) is 57.8 Å². The Hall–Kier alpha value is -1.10. The smallest absolute Gasteiger partial charge is 0.303 e. The molecule has 0 amide bonds. The number of hydrogen-bond acceptors (Lipinski definition) is 3. The van der Waals surface area contributed by atoms with Crippen molar-refractivity contribution in [1.82, 2.24) is 0 Å². The van der Waals surface area contributed by atoms with Crippen LogP contribution in [0.5, 0.6) is 0 Å². The minimum atomic E-state index is -0.756. The molecule has 0 saturated carbocycles. The maximum Gasteiger partial charge on any atom is 0.303 e. The first-order valence-corrected chi connectivity index (χ1v) is 7.64. The van der Waals surface area contributed by atoms with Gasteiger partial charge in [-0.05, 0) is 25.7 Å². The normalized spacial score (nSPS) is 12.2. The molecule has 5 heteroatoms. The summed E-state index contributed by atoms with van der Waals surface area (Å²) in [7, 11) is 0. The number of hydrogen-bond donors (Lipinski definition) is 3. The van der Waals surface area contributed by atoms with Gasteiger partial charge in [0.2, 0.25) is 0 Å². The van der Waals surface area contributed by atoms with Gasteiger partial charge in [-0.2, -0.15) is 0 Å². The molecule has 20 heavy (non-hydrogen) atoms. The summed E-state index contributed by atoms with van der Waals surface area (Å²) in [5.74, 6) is -1.49. The summed E-state index contributed by atoms with van der Waals surface area (Å²) in [6.07, 6.45) is 8.87. The minimum Gasteiger partial charge on any atom is -0.481 e. The van der Waals surface area contributed by atoms with Gasteiger partial charge in [0.05, 0.1) is 6.10 Å². The summed E-state index contributed by atoms with van der Waals surface area (Å²) in [6.45, 7) is 0. The Balaban J connectivity index is 3.22. The Kier molecular flexibility index (Phi) is 12.2. The summed E-state index contributed by atoms with van der Waals surface area (Å²) in [5, 5.41) is 26.7. The molecule has 0 heterocycles. The first-order valence-electron chi connectivity index (χ1n) is 7.64. The molecular formula is C15H28O5. The van der Waals surface area contributed by atoms with Crippen LogP contribution in [-0.2, 0) is 9.59 Å². The molecule has 0 fully saturated rings. The van der Waals surface area contributed by atoms with Crippen LogP contribution >= 0.6 is 0 Å². The molecule has 1 atom stereocenters. The summed E-state index contributed by atoms with van der Waals surface area (Å²) >= 11 is 0. The fourth-order valence-corrected chi connectivity index (χ4v) is 2.16. The van der Waals surface area contributed by atoms with Crippen molar-refractivity contribution in [2.45, 2.75) is 83.2 Å². The van der Waals surface area contributed by atoms with E-state index in [1.54, 1.807) is 0 Å². The zero-order valence-electron chi connectivity index (χ0n) is 12.2. The highest BCUT2D eigenvalue weighted by Crippen LogP contribution is 2.13. The van der Waals surface area contributed by atoms with Crippen LogP contribution in [-0.4, -0.2) is 33.4 Å². The molecule has 5 nitrogen and oxygen atoms in total. The van der Waals surface area contributed by atoms with Gasteiger partial charge in [-0.1, -0.05) is 38.5 Å². The topological polar surface area (TPSA) is 94.8 Å². The Bertz CT molecular complexity index is 265. The first-order chi connectivity index (χ1) is 9.52. The maximum atomic E-state index is 10.3. The number of rotatable bonds is 14. The van der Waals surface area contributed by atoms with Crippen molar-refractivity contribution in [2.75, 3.05) is 0 Å². The number of carboxylic acid groups (broad SMARTS) is 2. The highest BCUT2D eigenvalue weighted by Gasteiger charge is 2.04. The van der Waals surface area contributed by atoms with Gasteiger partial charge in [0, 0.05) is 12.8 Å². The number of aliphatic carboxylic acids is 2. The predicted octanol–water partition coefficient (Wildman–Crippen LogP) is 3.20. The average Bonchev–Trinajstić information content (AvgIpc) is 2.36. The lowest BCUT2D eigenvalue weighted by atomic mass is 10.0. The second kappa shape index (κ2) is 12.9. The molecule has 1 unspecified atom stereocenters. The van der Waals surface area contributed by atoms with Crippen molar-refractivity contribution in [1.29, 1.82) is 0 Å². The molecule has 0 radical (unpaired) electrons. The highest BCUT2D eigenvalue weighted by atomic mass is 16.4. The standard InChI is InChI=1S/C15H28O5/c16-13(10-6-4-8-12-15(19)20)9-5-2-1-3-7-11-14(17)18/h13,16H,1-12H2,(H,17,18)(H,19,20). The van der Waals surface area contributed by atoms with E-state index in [2.05, 4.69) is 0 Å². The number of carboxylic acids is 2. The Morgan fingerprint density at radius 3 is 1.45 bits per heavy atom. The zero-order valence-corrected chi connectivity index (χ0v) is 12.2. The molecule has 0 aliphatic heterocycles. The largest absolute Gasteiger partial charge is 0.481 e. The van der Waals surface area contributed by atoms with E-state index >= 15 is 0 Å². The number of aliphatic hydroxyl groups is 1. The van der Waals surface area contributed by atoms with E-state index in [-0.39, 0.29) is 18.9 Å². The number of unbranched alkanes of at least 4 members (excludes halogenated alkanes) is 6. The monoisotopic (exact) mass is 288 g/mol. The fraction of sp³-hybridized carbons (Fsp3) is 0.867. The molecule has 0 rings (SSSR count). The third-order valence-corrected chi connectivity index (χ3v) is 3.36. The summed E-state index contributed by atoms with van der Waals surface area (Å²) in [4.78, 5) is 20.6. The minimum absolute atomic E-state index is 0.215. The molecule has 0 bridgehead atoms. The third-order valence-electron chi connectivity index (χ3n) is 3.36. The highest BCUT2D eigenvalue weighted by molar-refractivity contribution is 5.66. The predicted molar refractivity (Wildman–Crippen MR) is 76.7 cm³/mol. The van der Waals surface area contributed by atoms with Gasteiger partial charge >= 0.3 is 11.9 Å². The summed E-state index contributed by atoms with van der Waals surface area (Å²) in [5.41, 5.74) is 0. The van der Waals surface area contributed by atoms with Crippen LogP contribution in [0, 0.1) is 0 Å². The second-order valence-electron chi connectivity index (χ2n) is 5.35. The quantitative estimate of drug-likeness (QED) is 0.427. The van der Waals surface area contributed by atoms with Gasteiger partial charge in [-0.15, -0.1) is 0 Å². The molecule has 118 valence electrons. The number of aliphatic hydroxyl groups excluding tert-OH is 1. The fourth-order valence-electron chi connectivity index (χ4n) is 2.16. The van der Waals surface area contributed by atoms with Crippen LogP contribution < -0.4 is 0 Å². The lowest BCUT2D eigenvalue weighted by Crippen LogP contribution is -2.06. The van der Waals surface area contributed by atoms with E-state index < -0.39 is 11.9 Å². The lowest BCUT2D eigenvalue weighted by Gasteiger charge is -2.09. The van der Waals surface area contributed by atoms with Gasteiger partial charge in [-0.25, -0.2) is 0 Å². The van der Waals surface area contributed by atoms with E-state index in [9.17, 15) is 14.7 Å². The van der Waals surface area contributed by atoms with E-state index in [0.29, 0.717) is 6.42 Å². The Morgan fingerprint density at radius 2 is 1.00 bits per heavy atom. The Labute approximate surface area is 121 Å². The Morgan fingerprint density at radius 1 is 0.650 bits per heavy atom. The van der Waals surface area contributed by atoms with Gasteiger partial charge in [0.15, 0.2) is 0 Å². The van der Waals surface area contributed by atoms with Crippen molar-refractivity contribution in [2.24, 2.45) is 0 Å². The van der Waals surface area contributed by atoms with Crippen molar-refractivity contribution >= 4 is 11.9 Å². The SMILES string of the molecule is O=C(O)CCCCCCCC(O)CCCCCC(=O)O. The maximum absolute atomic E-state index is 10.3. The van der Waals surface area contributed by atoms with E-state index in [1.165, 1.54) is 0 Å². The lowest BCUT2D eigenvalue weighted by molar-refractivity contribution is -0.138. The average molecular weight is 288 g/mol. The molecule has 0 aliphatic carbocycles. The van der Waals surface area contributed by atoms with Crippen molar-refractivity contribution in [3.05, 3.63) is 0 Å². The first kappa shape index (κ1) is 18.9. The zero-order chi connectivity index (χ0) is 15.2. The van der Waals surface area contributed by atoms with Crippen LogP contribution in [0.3, 0.4) is 0 Å². The molecule has 0 spiro atoms. The molecule has 0 aromatic heterocycles. The van der Waals surface area contributed by atoms with Gasteiger partial charge in [0.25, 0.3) is 0 Å². The molecule has 0 aromatic rings. The number of carbonyl (C=O) groups is 2. The molecule has 0 saturated heterocycles. The van der Waals surface area contributed by atoms with Gasteiger partial charge < -0.3 is 15.3 Å². The van der Waals surface area contributed by atoms with E-state index in [1.807, 2.05) is 0 Å². The van der Waals surface area contributed by atoms with Crippen molar-refractivity contribution in [3.63, 3.8) is 0 Å². The van der Waals surface area contributed by atoms with Gasteiger partial charge in [0.1, 0.15) is 0 Å². The molecule has 0 aliphatic rings. The second-order valence-corrected chi connectivity index (χ2v) is 5.35. The molecule has 0 aromatic carbocycles. The van der Waals surface area contributed by atoms with Crippen molar-refractivity contribution in [3.8, 4) is 0 Å². The van der Waals surface area contributed by atoms with Crippen LogP contribution in [0.25, 0.3) is 0 Å². The molecular weight excluding hydrogens is 260 g/mol. The van der Waals surface area contributed by atoms with Crippen LogP contribution in [0.15, 0.2) is 0 Å².